The number of carbonyl (C=O) groups excluding carboxylic acids is 1. The molecule has 2 heterocycles. The fourth-order valence-electron chi connectivity index (χ4n) is 1.30. The summed E-state index contributed by atoms with van der Waals surface area (Å²) in [4.78, 5) is 11.6. The predicted octanol–water partition coefficient (Wildman–Crippen LogP) is 0.184. The zero-order valence-corrected chi connectivity index (χ0v) is 8.35. The molecule has 5 heteroatoms. The molecule has 0 saturated carbocycles. The SMILES string of the molecule is Cc1[nH]nc(NC(=O)C2CNC2)c1C. The zero-order valence-electron chi connectivity index (χ0n) is 8.35. The third-order valence-corrected chi connectivity index (χ3v) is 2.65. The lowest BCUT2D eigenvalue weighted by atomic mass is 10.0. The largest absolute Gasteiger partial charge is 0.315 e. The topological polar surface area (TPSA) is 69.8 Å². The summed E-state index contributed by atoms with van der Waals surface area (Å²) >= 11 is 0. The Kier molecular flexibility index (Phi) is 2.25. The number of anilines is 1. The number of hydrogen-bond donors (Lipinski definition) is 3. The summed E-state index contributed by atoms with van der Waals surface area (Å²) in [6.07, 6.45) is 0. The van der Waals surface area contributed by atoms with E-state index in [4.69, 9.17) is 0 Å². The Labute approximate surface area is 82.3 Å². The minimum absolute atomic E-state index is 0.0540. The quantitative estimate of drug-likeness (QED) is 0.629. The second-order valence-electron chi connectivity index (χ2n) is 3.67. The van der Waals surface area contributed by atoms with Crippen LogP contribution in [0, 0.1) is 19.8 Å². The fraction of sp³-hybridized carbons (Fsp3) is 0.556. The first-order chi connectivity index (χ1) is 6.68. The molecule has 14 heavy (non-hydrogen) atoms. The number of carbonyl (C=O) groups is 1. The highest BCUT2D eigenvalue weighted by atomic mass is 16.2. The first-order valence-electron chi connectivity index (χ1n) is 4.71. The van der Waals surface area contributed by atoms with Gasteiger partial charge in [0.05, 0.1) is 5.92 Å². The van der Waals surface area contributed by atoms with E-state index < -0.39 is 0 Å². The zero-order chi connectivity index (χ0) is 10.1. The highest BCUT2D eigenvalue weighted by Gasteiger charge is 2.25. The summed E-state index contributed by atoms with van der Waals surface area (Å²) in [6, 6.07) is 0. The lowest BCUT2D eigenvalue weighted by molar-refractivity contribution is -0.121. The molecule has 0 spiro atoms. The van der Waals surface area contributed by atoms with Crippen molar-refractivity contribution in [2.45, 2.75) is 13.8 Å². The Balaban J connectivity index is 2.03. The molecule has 0 atom stereocenters. The third-order valence-electron chi connectivity index (χ3n) is 2.65. The minimum atomic E-state index is 0.0540. The predicted molar refractivity (Wildman–Crippen MR) is 53.1 cm³/mol. The van der Waals surface area contributed by atoms with Crippen molar-refractivity contribution in [3.8, 4) is 0 Å². The van der Waals surface area contributed by atoms with Crippen LogP contribution in [0.4, 0.5) is 5.82 Å². The van der Waals surface area contributed by atoms with Crippen molar-refractivity contribution in [2.75, 3.05) is 18.4 Å². The number of aromatic nitrogens is 2. The first kappa shape index (κ1) is 9.21. The van der Waals surface area contributed by atoms with E-state index >= 15 is 0 Å². The van der Waals surface area contributed by atoms with E-state index in [-0.39, 0.29) is 11.8 Å². The van der Waals surface area contributed by atoms with Gasteiger partial charge in [-0.15, -0.1) is 0 Å². The summed E-state index contributed by atoms with van der Waals surface area (Å²) in [5, 5.41) is 12.7. The number of nitrogens with one attached hydrogen (secondary N) is 3. The number of aryl methyl sites for hydroxylation is 1. The van der Waals surface area contributed by atoms with Crippen LogP contribution in [0.3, 0.4) is 0 Å². The Bertz CT molecular complexity index is 354. The van der Waals surface area contributed by atoms with E-state index in [1.54, 1.807) is 0 Å². The molecule has 1 aromatic heterocycles. The number of H-pyrrole nitrogens is 1. The lowest BCUT2D eigenvalue weighted by Crippen LogP contribution is -2.48. The molecule has 76 valence electrons. The molecule has 1 fully saturated rings. The van der Waals surface area contributed by atoms with Crippen LogP contribution in [0.25, 0.3) is 0 Å². The van der Waals surface area contributed by atoms with Gasteiger partial charge in [-0.05, 0) is 13.8 Å². The smallest absolute Gasteiger partial charge is 0.231 e. The van der Waals surface area contributed by atoms with Gasteiger partial charge in [0.25, 0.3) is 0 Å². The summed E-state index contributed by atoms with van der Waals surface area (Å²) in [6.45, 7) is 5.42. The molecule has 1 aliphatic heterocycles. The van der Waals surface area contributed by atoms with Gasteiger partial charge in [0.15, 0.2) is 5.82 Å². The van der Waals surface area contributed by atoms with Crippen molar-refractivity contribution < 1.29 is 4.79 Å². The molecule has 0 unspecified atom stereocenters. The van der Waals surface area contributed by atoms with Gasteiger partial charge in [0.1, 0.15) is 0 Å². The second-order valence-corrected chi connectivity index (χ2v) is 3.67. The van der Waals surface area contributed by atoms with Crippen LogP contribution in [-0.4, -0.2) is 29.2 Å². The Morgan fingerprint density at radius 3 is 2.64 bits per heavy atom. The summed E-state index contributed by atoms with van der Waals surface area (Å²) in [7, 11) is 0. The van der Waals surface area contributed by atoms with Gasteiger partial charge < -0.3 is 10.6 Å². The Morgan fingerprint density at radius 2 is 2.21 bits per heavy atom. The number of rotatable bonds is 2. The van der Waals surface area contributed by atoms with Crippen LogP contribution in [0.15, 0.2) is 0 Å². The molecule has 0 aromatic carbocycles. The van der Waals surface area contributed by atoms with Gasteiger partial charge in [-0.25, -0.2) is 0 Å². The normalized spacial score (nSPS) is 16.4. The van der Waals surface area contributed by atoms with E-state index in [0.717, 1.165) is 24.3 Å². The Morgan fingerprint density at radius 1 is 1.50 bits per heavy atom. The van der Waals surface area contributed by atoms with Gasteiger partial charge in [0, 0.05) is 24.3 Å². The van der Waals surface area contributed by atoms with E-state index in [2.05, 4.69) is 20.8 Å². The molecule has 5 nitrogen and oxygen atoms in total. The van der Waals surface area contributed by atoms with Crippen molar-refractivity contribution in [1.82, 2.24) is 15.5 Å². The monoisotopic (exact) mass is 194 g/mol. The van der Waals surface area contributed by atoms with Crippen molar-refractivity contribution >= 4 is 11.7 Å². The van der Waals surface area contributed by atoms with Crippen LogP contribution < -0.4 is 10.6 Å². The van der Waals surface area contributed by atoms with Crippen molar-refractivity contribution in [1.29, 1.82) is 0 Å². The number of hydrogen-bond acceptors (Lipinski definition) is 3. The summed E-state index contributed by atoms with van der Waals surface area (Å²) in [5.74, 6) is 0.809. The molecule has 1 aromatic rings. The average Bonchev–Trinajstić information content (AvgIpc) is 2.33. The molecule has 3 N–H and O–H groups in total. The van der Waals surface area contributed by atoms with Crippen molar-refractivity contribution in [2.24, 2.45) is 5.92 Å². The molecule has 0 bridgehead atoms. The average molecular weight is 194 g/mol. The molecule has 1 saturated heterocycles. The maximum atomic E-state index is 11.6. The van der Waals surface area contributed by atoms with Crippen molar-refractivity contribution in [3.05, 3.63) is 11.3 Å². The van der Waals surface area contributed by atoms with E-state index in [9.17, 15) is 4.79 Å². The molecule has 2 rings (SSSR count). The molecule has 1 aliphatic rings. The first-order valence-corrected chi connectivity index (χ1v) is 4.71. The second kappa shape index (κ2) is 3.42. The van der Waals surface area contributed by atoms with Gasteiger partial charge in [-0.1, -0.05) is 0 Å². The lowest BCUT2D eigenvalue weighted by Gasteiger charge is -2.25. The van der Waals surface area contributed by atoms with E-state index in [0.29, 0.717) is 5.82 Å². The minimum Gasteiger partial charge on any atom is -0.315 e. The van der Waals surface area contributed by atoms with Gasteiger partial charge in [0.2, 0.25) is 5.91 Å². The molecule has 0 aliphatic carbocycles. The van der Waals surface area contributed by atoms with Crippen LogP contribution in [0.2, 0.25) is 0 Å². The van der Waals surface area contributed by atoms with Crippen molar-refractivity contribution in [3.63, 3.8) is 0 Å². The highest BCUT2D eigenvalue weighted by Crippen LogP contribution is 2.15. The van der Waals surface area contributed by atoms with E-state index in [1.807, 2.05) is 13.8 Å². The third kappa shape index (κ3) is 1.50. The van der Waals surface area contributed by atoms with Crippen LogP contribution in [0.5, 0.6) is 0 Å². The maximum absolute atomic E-state index is 11.6. The van der Waals surface area contributed by atoms with Gasteiger partial charge in [-0.3, -0.25) is 9.89 Å². The molecular formula is C9H14N4O. The maximum Gasteiger partial charge on any atom is 0.231 e. The summed E-state index contributed by atoms with van der Waals surface area (Å²) in [5.41, 5.74) is 2.00. The highest BCUT2D eigenvalue weighted by molar-refractivity contribution is 5.93. The number of aromatic amines is 1. The standard InChI is InChI=1S/C9H14N4O/c1-5-6(2)12-13-8(5)11-9(14)7-3-10-4-7/h7,10H,3-4H2,1-2H3,(H2,11,12,13,14). The molecule has 1 amide bonds. The summed E-state index contributed by atoms with van der Waals surface area (Å²) < 4.78 is 0. The molecule has 0 radical (unpaired) electrons. The number of nitrogens with zero attached hydrogens (tertiary/aromatic N) is 1. The van der Waals surface area contributed by atoms with E-state index in [1.165, 1.54) is 0 Å². The van der Waals surface area contributed by atoms with Crippen LogP contribution in [-0.2, 0) is 4.79 Å². The van der Waals surface area contributed by atoms with Crippen LogP contribution in [0.1, 0.15) is 11.3 Å². The number of amides is 1. The van der Waals surface area contributed by atoms with Gasteiger partial charge in [-0.2, -0.15) is 5.10 Å². The molecular weight excluding hydrogens is 180 g/mol. The van der Waals surface area contributed by atoms with Crippen LogP contribution >= 0.6 is 0 Å². The Hall–Kier alpha value is -1.36. The fourth-order valence-corrected chi connectivity index (χ4v) is 1.30. The van der Waals surface area contributed by atoms with Gasteiger partial charge >= 0.3 is 0 Å².